The molecule has 0 radical (unpaired) electrons. The van der Waals surface area contributed by atoms with Crippen LogP contribution < -0.4 is 5.32 Å². The van der Waals surface area contributed by atoms with Crippen molar-refractivity contribution in [2.45, 2.75) is 6.92 Å². The number of benzene rings is 1. The largest absolute Gasteiger partial charge is 0.323 e. The van der Waals surface area contributed by atoms with Gasteiger partial charge in [0.05, 0.1) is 11.6 Å². The summed E-state index contributed by atoms with van der Waals surface area (Å²) in [6.07, 6.45) is 0. The molecule has 1 aliphatic rings. The minimum atomic E-state index is -1.48. The van der Waals surface area contributed by atoms with E-state index in [0.717, 1.165) is 12.1 Å². The van der Waals surface area contributed by atoms with Crippen molar-refractivity contribution in [2.24, 2.45) is 11.8 Å². The first-order valence-electron chi connectivity index (χ1n) is 5.66. The summed E-state index contributed by atoms with van der Waals surface area (Å²) in [5.41, 5.74) is -0.446. The van der Waals surface area contributed by atoms with Crippen LogP contribution in [-0.2, 0) is 14.4 Å². The Morgan fingerprint density at radius 2 is 1.95 bits per heavy atom. The van der Waals surface area contributed by atoms with Gasteiger partial charge in [0, 0.05) is 0 Å². The molecular weight excluding hydrogens is 274 g/mol. The smallest absolute Gasteiger partial charge is 0.266 e. The lowest BCUT2D eigenvalue weighted by molar-refractivity contribution is -0.172. The molecule has 2 N–H and O–H groups in total. The Balaban J connectivity index is 2.23. The number of anilines is 1. The maximum absolute atomic E-state index is 13.4. The van der Waals surface area contributed by atoms with E-state index in [9.17, 15) is 23.2 Å². The van der Waals surface area contributed by atoms with E-state index in [1.165, 1.54) is 13.0 Å². The van der Waals surface area contributed by atoms with Crippen molar-refractivity contribution >= 4 is 23.4 Å². The Kier molecular flexibility index (Phi) is 3.49. The molecule has 1 saturated heterocycles. The number of halogens is 2. The zero-order valence-corrected chi connectivity index (χ0v) is 10.3. The van der Waals surface area contributed by atoms with E-state index in [-0.39, 0.29) is 5.06 Å². The van der Waals surface area contributed by atoms with Gasteiger partial charge in [-0.3, -0.25) is 19.6 Å². The lowest BCUT2D eigenvalue weighted by Crippen LogP contribution is -2.33. The molecule has 8 heteroatoms. The van der Waals surface area contributed by atoms with Gasteiger partial charge in [0.15, 0.2) is 11.6 Å². The van der Waals surface area contributed by atoms with Crippen molar-refractivity contribution in [3.8, 4) is 0 Å². The molecule has 1 aromatic rings. The normalized spacial score (nSPS) is 22.3. The first-order chi connectivity index (χ1) is 9.34. The third-order valence-electron chi connectivity index (χ3n) is 3.07. The number of rotatable bonds is 2. The second kappa shape index (κ2) is 4.97. The molecule has 0 aromatic heterocycles. The fourth-order valence-electron chi connectivity index (χ4n) is 1.94. The SMILES string of the molecule is CC1C(=O)N(O)C(=O)C1C(=O)Nc1cccc(F)c1F. The highest BCUT2D eigenvalue weighted by atomic mass is 19.2. The summed E-state index contributed by atoms with van der Waals surface area (Å²) in [7, 11) is 0. The zero-order valence-electron chi connectivity index (χ0n) is 10.3. The summed E-state index contributed by atoms with van der Waals surface area (Å²) in [6, 6.07) is 3.16. The Morgan fingerprint density at radius 3 is 2.50 bits per heavy atom. The van der Waals surface area contributed by atoms with Crippen molar-refractivity contribution in [1.82, 2.24) is 5.06 Å². The molecule has 1 fully saturated rings. The third kappa shape index (κ3) is 2.14. The number of hydroxylamine groups is 2. The molecule has 1 aliphatic heterocycles. The second-order valence-electron chi connectivity index (χ2n) is 4.35. The number of hydrogen-bond donors (Lipinski definition) is 2. The molecule has 0 spiro atoms. The fraction of sp³-hybridized carbons (Fsp3) is 0.250. The number of nitrogens with zero attached hydrogens (tertiary/aromatic N) is 1. The lowest BCUT2D eigenvalue weighted by atomic mass is 9.96. The van der Waals surface area contributed by atoms with Crippen LogP contribution in [0.3, 0.4) is 0 Å². The molecule has 0 bridgehead atoms. The highest BCUT2D eigenvalue weighted by Crippen LogP contribution is 2.26. The molecule has 2 unspecified atom stereocenters. The van der Waals surface area contributed by atoms with Crippen molar-refractivity contribution in [3.63, 3.8) is 0 Å². The van der Waals surface area contributed by atoms with Crippen LogP contribution in [0.25, 0.3) is 0 Å². The van der Waals surface area contributed by atoms with Crippen LogP contribution in [0.1, 0.15) is 6.92 Å². The number of imide groups is 1. The number of carbonyl (C=O) groups excluding carboxylic acids is 3. The molecule has 0 saturated carbocycles. The summed E-state index contributed by atoms with van der Waals surface area (Å²) in [5.74, 6) is -8.00. The molecule has 1 heterocycles. The maximum atomic E-state index is 13.4. The van der Waals surface area contributed by atoms with Crippen LogP contribution in [0, 0.1) is 23.5 Å². The van der Waals surface area contributed by atoms with Gasteiger partial charge in [-0.05, 0) is 12.1 Å². The minimum absolute atomic E-state index is 0.142. The molecule has 6 nitrogen and oxygen atoms in total. The number of amides is 3. The van der Waals surface area contributed by atoms with E-state index in [4.69, 9.17) is 5.21 Å². The van der Waals surface area contributed by atoms with E-state index in [0.29, 0.717) is 0 Å². The number of hydrogen-bond acceptors (Lipinski definition) is 4. The van der Waals surface area contributed by atoms with Crippen LogP contribution in [0.2, 0.25) is 0 Å². The van der Waals surface area contributed by atoms with Crippen LogP contribution in [0.5, 0.6) is 0 Å². The topological polar surface area (TPSA) is 86.7 Å². The standard InChI is InChI=1S/C12H10F2N2O4/c1-5-8(12(19)16(20)11(5)18)10(17)15-7-4-2-3-6(13)9(7)14/h2-5,8,20H,1H3,(H,15,17). The summed E-state index contributed by atoms with van der Waals surface area (Å²) in [4.78, 5) is 34.8. The van der Waals surface area contributed by atoms with Crippen molar-refractivity contribution < 1.29 is 28.4 Å². The highest BCUT2D eigenvalue weighted by molar-refractivity contribution is 6.16. The molecule has 106 valence electrons. The van der Waals surface area contributed by atoms with Gasteiger partial charge in [-0.2, -0.15) is 5.06 Å². The molecule has 2 rings (SSSR count). The van der Waals surface area contributed by atoms with Crippen molar-refractivity contribution in [1.29, 1.82) is 0 Å². The van der Waals surface area contributed by atoms with Gasteiger partial charge in [0.1, 0.15) is 5.92 Å². The summed E-state index contributed by atoms with van der Waals surface area (Å²) >= 11 is 0. The molecular formula is C12H10F2N2O4. The van der Waals surface area contributed by atoms with E-state index in [1.807, 2.05) is 5.32 Å². The van der Waals surface area contributed by atoms with Crippen LogP contribution in [0.15, 0.2) is 18.2 Å². The van der Waals surface area contributed by atoms with Gasteiger partial charge < -0.3 is 5.32 Å². The first-order valence-corrected chi connectivity index (χ1v) is 5.66. The van der Waals surface area contributed by atoms with Gasteiger partial charge in [-0.15, -0.1) is 0 Å². The van der Waals surface area contributed by atoms with Gasteiger partial charge in [0.25, 0.3) is 11.8 Å². The van der Waals surface area contributed by atoms with Crippen LogP contribution in [-0.4, -0.2) is 28.0 Å². The summed E-state index contributed by atoms with van der Waals surface area (Å²) < 4.78 is 26.4. The Labute approximate surface area is 111 Å². The molecule has 3 amide bonds. The number of nitrogens with one attached hydrogen (secondary N) is 1. The highest BCUT2D eigenvalue weighted by Gasteiger charge is 2.49. The Bertz CT molecular complexity index is 605. The molecule has 20 heavy (non-hydrogen) atoms. The van der Waals surface area contributed by atoms with Gasteiger partial charge in [-0.1, -0.05) is 13.0 Å². The maximum Gasteiger partial charge on any atom is 0.266 e. The van der Waals surface area contributed by atoms with Crippen molar-refractivity contribution in [2.75, 3.05) is 5.32 Å². The third-order valence-corrected chi connectivity index (χ3v) is 3.07. The monoisotopic (exact) mass is 284 g/mol. The van der Waals surface area contributed by atoms with Gasteiger partial charge in [0.2, 0.25) is 5.91 Å². The predicted octanol–water partition coefficient (Wildman–Crippen LogP) is 0.914. The van der Waals surface area contributed by atoms with E-state index in [1.54, 1.807) is 0 Å². The molecule has 2 atom stereocenters. The summed E-state index contributed by atoms with van der Waals surface area (Å²) in [6.45, 7) is 1.28. The van der Waals surface area contributed by atoms with Gasteiger partial charge >= 0.3 is 0 Å². The van der Waals surface area contributed by atoms with E-state index in [2.05, 4.69) is 0 Å². The molecule has 0 aliphatic carbocycles. The van der Waals surface area contributed by atoms with Crippen molar-refractivity contribution in [3.05, 3.63) is 29.8 Å². The van der Waals surface area contributed by atoms with Gasteiger partial charge in [-0.25, -0.2) is 8.78 Å². The zero-order chi connectivity index (χ0) is 15.0. The van der Waals surface area contributed by atoms with E-state index >= 15 is 0 Å². The minimum Gasteiger partial charge on any atom is -0.323 e. The average molecular weight is 284 g/mol. The number of carbonyl (C=O) groups is 3. The Hall–Kier alpha value is -2.35. The quantitative estimate of drug-likeness (QED) is 0.480. The van der Waals surface area contributed by atoms with E-state index < -0.39 is 46.9 Å². The fourth-order valence-corrected chi connectivity index (χ4v) is 1.94. The predicted molar refractivity (Wildman–Crippen MR) is 61.3 cm³/mol. The second-order valence-corrected chi connectivity index (χ2v) is 4.35. The first kappa shape index (κ1) is 14.1. The Morgan fingerprint density at radius 1 is 1.30 bits per heavy atom. The lowest BCUT2D eigenvalue weighted by Gasteiger charge is -2.12. The molecule has 1 aromatic carbocycles. The van der Waals surface area contributed by atoms with Crippen LogP contribution >= 0.6 is 0 Å². The average Bonchev–Trinajstić information content (AvgIpc) is 2.59. The van der Waals surface area contributed by atoms with Crippen LogP contribution in [0.4, 0.5) is 14.5 Å². The summed E-state index contributed by atoms with van der Waals surface area (Å²) in [5, 5.41) is 11.0.